The average molecular weight is 160 g/mol. The number of allylic oxidation sites excluding steroid dienone is 2. The van der Waals surface area contributed by atoms with Gasteiger partial charge >= 0.3 is 0 Å². The van der Waals surface area contributed by atoms with Gasteiger partial charge in [0.2, 0.25) is 0 Å². The Morgan fingerprint density at radius 3 is 2.75 bits per heavy atom. The number of hydrogen-bond donors (Lipinski definition) is 0. The summed E-state index contributed by atoms with van der Waals surface area (Å²) in [5.41, 5.74) is 0. The van der Waals surface area contributed by atoms with Crippen molar-refractivity contribution in [2.75, 3.05) is 13.1 Å². The molecule has 2 nitrogen and oxygen atoms in total. The molecule has 0 radical (unpaired) electrons. The van der Waals surface area contributed by atoms with E-state index in [-0.39, 0.29) is 5.92 Å². The highest BCUT2D eigenvalue weighted by Gasteiger charge is 2.30. The fourth-order valence-corrected chi connectivity index (χ4v) is 1.70. The van der Waals surface area contributed by atoms with Gasteiger partial charge in [0.05, 0.1) is 12.0 Å². The SMILES string of the molecule is N#CC1CN([C@H]2C=CC=CC2)C1. The summed E-state index contributed by atoms with van der Waals surface area (Å²) in [5.74, 6) is 0.282. The third-order valence-electron chi connectivity index (χ3n) is 2.52. The van der Waals surface area contributed by atoms with E-state index in [4.69, 9.17) is 5.26 Å². The summed E-state index contributed by atoms with van der Waals surface area (Å²) in [6.45, 7) is 1.92. The molecule has 2 aliphatic rings. The molecular weight excluding hydrogens is 148 g/mol. The van der Waals surface area contributed by atoms with Gasteiger partial charge in [-0.25, -0.2) is 0 Å². The molecule has 0 unspecified atom stereocenters. The van der Waals surface area contributed by atoms with E-state index in [1.807, 2.05) is 0 Å². The first kappa shape index (κ1) is 7.57. The van der Waals surface area contributed by atoms with E-state index in [9.17, 15) is 0 Å². The molecule has 1 aliphatic carbocycles. The lowest BCUT2D eigenvalue weighted by Gasteiger charge is -2.40. The minimum atomic E-state index is 0.282. The van der Waals surface area contributed by atoms with Crippen molar-refractivity contribution in [3.8, 4) is 6.07 Å². The second-order valence-electron chi connectivity index (χ2n) is 3.40. The zero-order valence-corrected chi connectivity index (χ0v) is 6.98. The topological polar surface area (TPSA) is 27.0 Å². The zero-order valence-electron chi connectivity index (χ0n) is 6.98. The summed E-state index contributed by atoms with van der Waals surface area (Å²) in [6, 6.07) is 2.84. The van der Waals surface area contributed by atoms with Gasteiger partial charge in [0.1, 0.15) is 0 Å². The third kappa shape index (κ3) is 1.28. The molecule has 0 aromatic heterocycles. The van der Waals surface area contributed by atoms with Gasteiger partial charge in [-0.2, -0.15) is 5.26 Å². The Bertz CT molecular complexity index is 254. The molecule has 0 amide bonds. The number of nitriles is 1. The van der Waals surface area contributed by atoms with E-state index in [0.717, 1.165) is 19.5 Å². The molecule has 1 fully saturated rings. The van der Waals surface area contributed by atoms with Crippen molar-refractivity contribution in [2.45, 2.75) is 12.5 Å². The van der Waals surface area contributed by atoms with E-state index in [1.54, 1.807) is 0 Å². The Kier molecular flexibility index (Phi) is 1.97. The van der Waals surface area contributed by atoms with Crippen molar-refractivity contribution in [3.63, 3.8) is 0 Å². The molecule has 62 valence electrons. The van der Waals surface area contributed by atoms with Gasteiger partial charge in [-0.1, -0.05) is 24.3 Å². The van der Waals surface area contributed by atoms with Crippen LogP contribution in [0.15, 0.2) is 24.3 Å². The Morgan fingerprint density at radius 2 is 2.17 bits per heavy atom. The van der Waals surface area contributed by atoms with E-state index in [0.29, 0.717) is 6.04 Å². The third-order valence-corrected chi connectivity index (χ3v) is 2.52. The predicted molar refractivity (Wildman–Crippen MR) is 47.4 cm³/mol. The number of rotatable bonds is 1. The lowest BCUT2D eigenvalue weighted by atomic mass is 9.96. The standard InChI is InChI=1S/C10H12N2/c11-6-9-7-12(8-9)10-4-2-1-3-5-10/h1-4,9-10H,5,7-8H2/t10-/m0/s1. The van der Waals surface area contributed by atoms with Crippen molar-refractivity contribution in [1.82, 2.24) is 4.90 Å². The normalized spacial score (nSPS) is 29.8. The molecule has 2 heteroatoms. The molecule has 0 spiro atoms. The fraction of sp³-hybridized carbons (Fsp3) is 0.500. The summed E-state index contributed by atoms with van der Waals surface area (Å²) in [4.78, 5) is 2.36. The van der Waals surface area contributed by atoms with Crippen LogP contribution >= 0.6 is 0 Å². The highest BCUT2D eigenvalue weighted by atomic mass is 15.2. The van der Waals surface area contributed by atoms with Gasteiger partial charge in [-0.05, 0) is 6.42 Å². The molecule has 2 rings (SSSR count). The highest BCUT2D eigenvalue weighted by molar-refractivity contribution is 5.15. The predicted octanol–water partition coefficient (Wildman–Crippen LogP) is 1.33. The van der Waals surface area contributed by atoms with Gasteiger partial charge in [-0.15, -0.1) is 0 Å². The number of likely N-dealkylation sites (tertiary alicyclic amines) is 1. The number of nitrogens with zero attached hydrogens (tertiary/aromatic N) is 2. The molecule has 0 aromatic carbocycles. The smallest absolute Gasteiger partial charge is 0.0717 e. The fourth-order valence-electron chi connectivity index (χ4n) is 1.70. The molecule has 1 saturated heterocycles. The van der Waals surface area contributed by atoms with E-state index >= 15 is 0 Å². The van der Waals surface area contributed by atoms with Gasteiger partial charge < -0.3 is 0 Å². The molecule has 1 aliphatic heterocycles. The monoisotopic (exact) mass is 160 g/mol. The van der Waals surface area contributed by atoms with Crippen molar-refractivity contribution in [2.24, 2.45) is 5.92 Å². The van der Waals surface area contributed by atoms with Gasteiger partial charge in [-0.3, -0.25) is 4.90 Å². The Hall–Kier alpha value is -1.07. The van der Waals surface area contributed by atoms with Crippen LogP contribution in [0.25, 0.3) is 0 Å². The van der Waals surface area contributed by atoms with Crippen LogP contribution in [0.1, 0.15) is 6.42 Å². The van der Waals surface area contributed by atoms with Crippen molar-refractivity contribution < 1.29 is 0 Å². The second kappa shape index (κ2) is 3.12. The first-order valence-electron chi connectivity index (χ1n) is 4.37. The highest BCUT2D eigenvalue weighted by Crippen LogP contribution is 2.21. The number of hydrogen-bond acceptors (Lipinski definition) is 2. The van der Waals surface area contributed by atoms with E-state index in [1.165, 1.54) is 0 Å². The van der Waals surface area contributed by atoms with Crippen LogP contribution in [0.2, 0.25) is 0 Å². The quantitative estimate of drug-likeness (QED) is 0.578. The molecule has 1 heterocycles. The minimum Gasteiger partial charge on any atom is -0.294 e. The molecule has 0 N–H and O–H groups in total. The summed E-state index contributed by atoms with van der Waals surface area (Å²) < 4.78 is 0. The Balaban J connectivity index is 1.85. The lowest BCUT2D eigenvalue weighted by molar-refractivity contribution is 0.103. The Morgan fingerprint density at radius 1 is 1.33 bits per heavy atom. The van der Waals surface area contributed by atoms with E-state index in [2.05, 4.69) is 35.3 Å². The second-order valence-corrected chi connectivity index (χ2v) is 3.40. The molecule has 12 heavy (non-hydrogen) atoms. The van der Waals surface area contributed by atoms with Gasteiger partial charge in [0.25, 0.3) is 0 Å². The first-order valence-corrected chi connectivity index (χ1v) is 4.37. The van der Waals surface area contributed by atoms with Crippen molar-refractivity contribution in [1.29, 1.82) is 5.26 Å². The minimum absolute atomic E-state index is 0.282. The largest absolute Gasteiger partial charge is 0.294 e. The van der Waals surface area contributed by atoms with Gasteiger partial charge in [0, 0.05) is 19.1 Å². The lowest BCUT2D eigenvalue weighted by Crippen LogP contribution is -2.50. The average Bonchev–Trinajstić information content (AvgIpc) is 2.04. The van der Waals surface area contributed by atoms with Crippen molar-refractivity contribution >= 4 is 0 Å². The van der Waals surface area contributed by atoms with Crippen LogP contribution in [0, 0.1) is 17.2 Å². The molecule has 0 aromatic rings. The maximum atomic E-state index is 8.59. The van der Waals surface area contributed by atoms with E-state index < -0.39 is 0 Å². The van der Waals surface area contributed by atoms with Crippen LogP contribution in [-0.4, -0.2) is 24.0 Å². The molecule has 0 saturated carbocycles. The maximum absolute atomic E-state index is 8.59. The van der Waals surface area contributed by atoms with Crippen LogP contribution in [0.3, 0.4) is 0 Å². The summed E-state index contributed by atoms with van der Waals surface area (Å²) in [6.07, 6.45) is 9.68. The summed E-state index contributed by atoms with van der Waals surface area (Å²) in [5, 5.41) is 8.59. The van der Waals surface area contributed by atoms with Crippen LogP contribution < -0.4 is 0 Å². The molecule has 0 bridgehead atoms. The van der Waals surface area contributed by atoms with Crippen LogP contribution in [-0.2, 0) is 0 Å². The molecular formula is C10H12N2. The maximum Gasteiger partial charge on any atom is 0.0717 e. The summed E-state index contributed by atoms with van der Waals surface area (Å²) in [7, 11) is 0. The van der Waals surface area contributed by atoms with Crippen LogP contribution in [0.4, 0.5) is 0 Å². The Labute approximate surface area is 72.8 Å². The van der Waals surface area contributed by atoms with Crippen LogP contribution in [0.5, 0.6) is 0 Å². The van der Waals surface area contributed by atoms with Gasteiger partial charge in [0.15, 0.2) is 0 Å². The zero-order chi connectivity index (χ0) is 8.39. The first-order chi connectivity index (χ1) is 5.90. The summed E-state index contributed by atoms with van der Waals surface area (Å²) >= 11 is 0. The van der Waals surface area contributed by atoms with Crippen molar-refractivity contribution in [3.05, 3.63) is 24.3 Å². The molecule has 1 atom stereocenters.